The molecular formula is C43H34N2S. The predicted octanol–water partition coefficient (Wildman–Crippen LogP) is 12.5. The fourth-order valence-corrected chi connectivity index (χ4v) is 9.86. The van der Waals surface area contributed by atoms with Gasteiger partial charge in [-0.15, -0.1) is 11.3 Å². The van der Waals surface area contributed by atoms with Crippen molar-refractivity contribution in [1.82, 2.24) is 4.57 Å². The van der Waals surface area contributed by atoms with Crippen molar-refractivity contribution in [3.63, 3.8) is 0 Å². The largest absolute Gasteiger partial charge is 0.310 e. The molecule has 2 aromatic heterocycles. The quantitative estimate of drug-likeness (QED) is 0.188. The summed E-state index contributed by atoms with van der Waals surface area (Å²) in [7, 11) is 0. The maximum atomic E-state index is 2.46. The van der Waals surface area contributed by atoms with Crippen molar-refractivity contribution in [2.45, 2.75) is 31.6 Å². The summed E-state index contributed by atoms with van der Waals surface area (Å²) in [6.07, 6.45) is 5.65. The van der Waals surface area contributed by atoms with E-state index in [1.54, 1.807) is 0 Å². The van der Waals surface area contributed by atoms with Gasteiger partial charge in [-0.2, -0.15) is 0 Å². The van der Waals surface area contributed by atoms with Gasteiger partial charge in [0.2, 0.25) is 0 Å². The van der Waals surface area contributed by atoms with E-state index < -0.39 is 0 Å². The topological polar surface area (TPSA) is 8.17 Å². The van der Waals surface area contributed by atoms with Crippen LogP contribution in [0.3, 0.4) is 0 Å². The molecule has 3 heteroatoms. The minimum atomic E-state index is 0.729. The minimum Gasteiger partial charge on any atom is -0.310 e. The van der Waals surface area contributed by atoms with Crippen LogP contribution in [0.5, 0.6) is 0 Å². The van der Waals surface area contributed by atoms with Crippen LogP contribution in [-0.2, 0) is 0 Å². The third-order valence-electron chi connectivity index (χ3n) is 10.9. The molecule has 2 nitrogen and oxygen atoms in total. The fraction of sp³-hybridized carbons (Fsp3) is 0.163. The van der Waals surface area contributed by atoms with Gasteiger partial charge in [-0.1, -0.05) is 79.2 Å². The molecule has 222 valence electrons. The van der Waals surface area contributed by atoms with E-state index in [9.17, 15) is 0 Å². The van der Waals surface area contributed by atoms with Gasteiger partial charge in [-0.05, 0) is 109 Å². The molecule has 0 aliphatic heterocycles. The number of hydrogen-bond acceptors (Lipinski definition) is 2. The molecule has 2 heterocycles. The van der Waals surface area contributed by atoms with Crippen molar-refractivity contribution in [3.05, 3.63) is 145 Å². The summed E-state index contributed by atoms with van der Waals surface area (Å²) in [4.78, 5) is 2.46. The summed E-state index contributed by atoms with van der Waals surface area (Å²) in [5, 5.41) is 5.20. The molecule has 0 radical (unpaired) electrons. The Kier molecular flexibility index (Phi) is 5.92. The molecule has 10 rings (SSSR count). The average Bonchev–Trinajstić information content (AvgIpc) is 3.90. The summed E-state index contributed by atoms with van der Waals surface area (Å²) in [5.41, 5.74) is 8.70. The highest BCUT2D eigenvalue weighted by Gasteiger charge is 2.40. The number of benzene rings is 6. The number of rotatable bonds is 5. The number of aromatic nitrogens is 1. The first-order chi connectivity index (χ1) is 22.8. The van der Waals surface area contributed by atoms with Crippen LogP contribution in [0, 0.1) is 11.8 Å². The van der Waals surface area contributed by atoms with E-state index in [2.05, 4.69) is 149 Å². The Morgan fingerprint density at radius 3 is 2.04 bits per heavy atom. The third-order valence-corrected chi connectivity index (χ3v) is 12.0. The molecule has 8 aromatic rings. The molecule has 3 atom stereocenters. The Hall–Kier alpha value is -4.86. The third kappa shape index (κ3) is 4.08. The normalized spacial score (nSPS) is 19.2. The summed E-state index contributed by atoms with van der Waals surface area (Å²) >= 11 is 1.88. The average molecular weight is 611 g/mol. The lowest BCUT2D eigenvalue weighted by Crippen LogP contribution is -2.11. The molecule has 3 unspecified atom stereocenters. The number of para-hydroxylation sites is 2. The monoisotopic (exact) mass is 610 g/mol. The molecule has 46 heavy (non-hydrogen) atoms. The van der Waals surface area contributed by atoms with Crippen LogP contribution in [0.1, 0.15) is 37.2 Å². The molecule has 2 aliphatic carbocycles. The van der Waals surface area contributed by atoms with E-state index in [4.69, 9.17) is 0 Å². The Labute approximate surface area is 273 Å². The maximum absolute atomic E-state index is 2.46. The van der Waals surface area contributed by atoms with Gasteiger partial charge in [-0.3, -0.25) is 0 Å². The predicted molar refractivity (Wildman–Crippen MR) is 197 cm³/mol. The van der Waals surface area contributed by atoms with Crippen LogP contribution in [0.25, 0.3) is 47.7 Å². The van der Waals surface area contributed by atoms with E-state index >= 15 is 0 Å². The van der Waals surface area contributed by atoms with Crippen molar-refractivity contribution in [3.8, 4) is 5.69 Å². The highest BCUT2D eigenvalue weighted by molar-refractivity contribution is 7.25. The van der Waals surface area contributed by atoms with Crippen LogP contribution < -0.4 is 4.90 Å². The Morgan fingerprint density at radius 1 is 0.522 bits per heavy atom. The summed E-state index contributed by atoms with van der Waals surface area (Å²) in [6, 6.07) is 52.0. The Balaban J connectivity index is 1.17. The van der Waals surface area contributed by atoms with E-state index in [1.807, 2.05) is 11.3 Å². The van der Waals surface area contributed by atoms with Gasteiger partial charge in [0.25, 0.3) is 0 Å². The molecule has 0 spiro atoms. The highest BCUT2D eigenvalue weighted by Crippen LogP contribution is 2.53. The zero-order valence-electron chi connectivity index (χ0n) is 25.6. The summed E-state index contributed by atoms with van der Waals surface area (Å²) < 4.78 is 5.08. The zero-order valence-corrected chi connectivity index (χ0v) is 26.5. The molecule has 2 fully saturated rings. The first-order valence-electron chi connectivity index (χ1n) is 16.7. The molecule has 6 aromatic carbocycles. The van der Waals surface area contributed by atoms with Crippen molar-refractivity contribution in [2.75, 3.05) is 4.90 Å². The van der Waals surface area contributed by atoms with Crippen LogP contribution in [-0.4, -0.2) is 4.57 Å². The van der Waals surface area contributed by atoms with Crippen LogP contribution in [0.2, 0.25) is 0 Å². The van der Waals surface area contributed by atoms with Gasteiger partial charge in [0.1, 0.15) is 0 Å². The molecule has 2 saturated carbocycles. The first-order valence-corrected chi connectivity index (χ1v) is 17.5. The fourth-order valence-electron chi connectivity index (χ4n) is 8.78. The second kappa shape index (κ2) is 10.3. The second-order valence-corrected chi connectivity index (χ2v) is 14.5. The number of anilines is 3. The van der Waals surface area contributed by atoms with Crippen LogP contribution in [0.15, 0.2) is 140 Å². The summed E-state index contributed by atoms with van der Waals surface area (Å²) in [6.45, 7) is 0. The van der Waals surface area contributed by atoms with Crippen LogP contribution >= 0.6 is 11.3 Å². The van der Waals surface area contributed by atoms with Crippen molar-refractivity contribution >= 4 is 70.4 Å². The Morgan fingerprint density at radius 2 is 1.22 bits per heavy atom. The van der Waals surface area contributed by atoms with E-state index in [-0.39, 0.29) is 0 Å². The van der Waals surface area contributed by atoms with Gasteiger partial charge in [0, 0.05) is 53.7 Å². The van der Waals surface area contributed by atoms with Crippen LogP contribution in [0.4, 0.5) is 17.1 Å². The van der Waals surface area contributed by atoms with E-state index in [1.165, 1.54) is 96.0 Å². The number of thiophene rings is 1. The van der Waals surface area contributed by atoms with Crippen molar-refractivity contribution in [1.29, 1.82) is 0 Å². The second-order valence-electron chi connectivity index (χ2n) is 13.4. The van der Waals surface area contributed by atoms with Gasteiger partial charge in [-0.25, -0.2) is 0 Å². The minimum absolute atomic E-state index is 0.729. The smallest absolute Gasteiger partial charge is 0.0561 e. The molecule has 0 N–H and O–H groups in total. The highest BCUT2D eigenvalue weighted by atomic mass is 32.1. The van der Waals surface area contributed by atoms with Crippen molar-refractivity contribution < 1.29 is 0 Å². The van der Waals surface area contributed by atoms with E-state index in [0.717, 1.165) is 17.8 Å². The lowest BCUT2D eigenvalue weighted by Gasteiger charge is -2.27. The molecule has 0 saturated heterocycles. The van der Waals surface area contributed by atoms with Gasteiger partial charge >= 0.3 is 0 Å². The lowest BCUT2D eigenvalue weighted by atomic mass is 9.83. The van der Waals surface area contributed by atoms with Gasteiger partial charge < -0.3 is 9.47 Å². The number of hydrogen-bond donors (Lipinski definition) is 0. The molecular weight excluding hydrogens is 577 g/mol. The molecule has 0 amide bonds. The SMILES string of the molecule is c1ccc(-n2c3ccccc3c3ccc(N(c4ccc(C5CC6CCC5C6)cc4)c4ccc5sc6ccccc6c5c4)cc32)cc1. The molecule has 2 aliphatic rings. The van der Waals surface area contributed by atoms with Gasteiger partial charge in [0.15, 0.2) is 0 Å². The van der Waals surface area contributed by atoms with E-state index in [0.29, 0.717) is 0 Å². The van der Waals surface area contributed by atoms with Crippen molar-refractivity contribution in [2.24, 2.45) is 11.8 Å². The first kappa shape index (κ1) is 26.4. The zero-order chi connectivity index (χ0) is 30.2. The number of nitrogens with zero attached hydrogens (tertiary/aromatic N) is 2. The summed E-state index contributed by atoms with van der Waals surface area (Å²) in [5.74, 6) is 2.55. The maximum Gasteiger partial charge on any atom is 0.0561 e. The Bertz CT molecular complexity index is 2400. The standard InChI is InChI=1S/C43H34N2S/c1-2-8-31(9-3-1)45-40-12-6-4-10-35(40)36-22-20-34(27-41(36)45)44(32-18-16-29(17-19-32)38-25-28-14-15-30(38)24-28)33-21-23-43-39(26-33)37-11-5-7-13-42(37)46-43/h1-13,16-23,26-28,30,38H,14-15,24-25H2. The van der Waals surface area contributed by atoms with Gasteiger partial charge in [0.05, 0.1) is 11.0 Å². The molecule has 2 bridgehead atoms. The lowest BCUT2D eigenvalue weighted by molar-refractivity contribution is 0.420. The number of fused-ring (bicyclic) bond motifs is 8.